The van der Waals surface area contributed by atoms with E-state index in [9.17, 15) is 0 Å². The summed E-state index contributed by atoms with van der Waals surface area (Å²) in [5.41, 5.74) is 9.65. The van der Waals surface area contributed by atoms with Gasteiger partial charge in [0.2, 0.25) is 0 Å². The molecule has 4 aromatic heterocycles. The molecule has 1 aliphatic carbocycles. The van der Waals surface area contributed by atoms with Gasteiger partial charge in [0.05, 0.1) is 5.39 Å². The summed E-state index contributed by atoms with van der Waals surface area (Å²) in [5.74, 6) is 1.61. The first-order valence-electron chi connectivity index (χ1n) is 10.6. The Morgan fingerprint density at radius 3 is 2.53 bits per heavy atom. The Balaban J connectivity index is 1.52. The van der Waals surface area contributed by atoms with Crippen LogP contribution in [-0.4, -0.2) is 29.7 Å². The fourth-order valence-corrected chi connectivity index (χ4v) is 4.36. The third-order valence-corrected chi connectivity index (χ3v) is 5.93. The minimum atomic E-state index is 0.432. The van der Waals surface area contributed by atoms with E-state index >= 15 is 0 Å². The Morgan fingerprint density at radius 1 is 0.967 bits per heavy atom. The first-order valence-corrected chi connectivity index (χ1v) is 10.6. The largest absolute Gasteiger partial charge is 0.383 e. The van der Waals surface area contributed by atoms with Crippen molar-refractivity contribution in [3.8, 4) is 22.6 Å². The van der Waals surface area contributed by atoms with Gasteiger partial charge in [-0.2, -0.15) is 5.10 Å². The van der Waals surface area contributed by atoms with Crippen molar-refractivity contribution in [3.05, 3.63) is 49.1 Å². The van der Waals surface area contributed by atoms with E-state index in [1.165, 1.54) is 38.5 Å². The molecule has 152 valence electrons. The molecule has 0 aromatic carbocycles. The molecule has 0 bridgehead atoms. The molecule has 0 spiro atoms. The molecule has 0 radical (unpaired) electrons. The SMILES string of the molecule is Nc1nc(-c2nn(CC3CCCCCC3)c3ncccc23)ncc1-c1ccncc1. The molecule has 30 heavy (non-hydrogen) atoms. The average Bonchev–Trinajstić information content (AvgIpc) is 2.94. The van der Waals surface area contributed by atoms with Gasteiger partial charge in [-0.25, -0.2) is 19.6 Å². The number of hydrogen-bond donors (Lipinski definition) is 1. The molecule has 0 aliphatic heterocycles. The van der Waals surface area contributed by atoms with E-state index in [4.69, 9.17) is 10.8 Å². The number of fused-ring (bicyclic) bond motifs is 1. The summed E-state index contributed by atoms with van der Waals surface area (Å²) in [6.07, 6.45) is 14.9. The number of nitrogens with two attached hydrogens (primary N) is 1. The highest BCUT2D eigenvalue weighted by atomic mass is 15.3. The highest BCUT2D eigenvalue weighted by Crippen LogP contribution is 2.30. The number of pyridine rings is 2. The van der Waals surface area contributed by atoms with Gasteiger partial charge in [0.1, 0.15) is 11.5 Å². The third-order valence-electron chi connectivity index (χ3n) is 5.93. The maximum absolute atomic E-state index is 6.29. The Bertz CT molecular complexity index is 1140. The van der Waals surface area contributed by atoms with Crippen LogP contribution in [0.5, 0.6) is 0 Å². The van der Waals surface area contributed by atoms with E-state index in [0.717, 1.165) is 34.4 Å². The fraction of sp³-hybridized carbons (Fsp3) is 0.348. The normalized spacial score (nSPS) is 15.3. The first-order chi connectivity index (χ1) is 14.8. The van der Waals surface area contributed by atoms with Crippen LogP contribution in [0.2, 0.25) is 0 Å². The molecule has 7 heteroatoms. The molecule has 1 saturated carbocycles. The topological polar surface area (TPSA) is 95.4 Å². The minimum Gasteiger partial charge on any atom is -0.383 e. The van der Waals surface area contributed by atoms with Gasteiger partial charge in [-0.15, -0.1) is 0 Å². The lowest BCUT2D eigenvalue weighted by Crippen LogP contribution is -2.12. The molecule has 4 aromatic rings. The average molecular weight is 400 g/mol. The minimum absolute atomic E-state index is 0.432. The van der Waals surface area contributed by atoms with Crippen molar-refractivity contribution in [1.29, 1.82) is 0 Å². The second-order valence-electron chi connectivity index (χ2n) is 7.99. The summed E-state index contributed by atoms with van der Waals surface area (Å²) in [6, 6.07) is 7.76. The summed E-state index contributed by atoms with van der Waals surface area (Å²) in [4.78, 5) is 17.8. The lowest BCUT2D eigenvalue weighted by molar-refractivity contribution is 0.381. The number of nitrogen functional groups attached to an aromatic ring is 1. The second-order valence-corrected chi connectivity index (χ2v) is 7.99. The Kier molecular flexibility index (Phi) is 5.09. The zero-order valence-electron chi connectivity index (χ0n) is 16.9. The quantitative estimate of drug-likeness (QED) is 0.508. The first kappa shape index (κ1) is 18.7. The maximum Gasteiger partial charge on any atom is 0.182 e. The van der Waals surface area contributed by atoms with E-state index < -0.39 is 0 Å². The monoisotopic (exact) mass is 399 g/mol. The van der Waals surface area contributed by atoms with E-state index in [1.54, 1.807) is 18.6 Å². The summed E-state index contributed by atoms with van der Waals surface area (Å²) >= 11 is 0. The predicted molar refractivity (Wildman–Crippen MR) is 117 cm³/mol. The van der Waals surface area contributed by atoms with Crippen molar-refractivity contribution in [2.45, 2.75) is 45.1 Å². The van der Waals surface area contributed by atoms with Crippen molar-refractivity contribution in [2.24, 2.45) is 5.92 Å². The van der Waals surface area contributed by atoms with Gasteiger partial charge >= 0.3 is 0 Å². The molecule has 2 N–H and O–H groups in total. The summed E-state index contributed by atoms with van der Waals surface area (Å²) < 4.78 is 2.04. The zero-order chi connectivity index (χ0) is 20.3. The Hall–Kier alpha value is -3.35. The number of aromatic nitrogens is 6. The standard InChI is InChI=1S/C23H25N7/c24-21-19(17-9-12-25-13-10-17)14-27-22(28-21)20-18-8-5-11-26-23(18)30(29-20)15-16-6-3-1-2-4-7-16/h5,8-14,16H,1-4,6-7,15H2,(H2,24,27,28). The van der Waals surface area contributed by atoms with Gasteiger partial charge in [-0.05, 0) is 48.6 Å². The smallest absolute Gasteiger partial charge is 0.182 e. The third kappa shape index (κ3) is 3.63. The maximum atomic E-state index is 6.29. The number of anilines is 1. The van der Waals surface area contributed by atoms with Crippen molar-refractivity contribution in [2.75, 3.05) is 5.73 Å². The van der Waals surface area contributed by atoms with Crippen LogP contribution in [0.3, 0.4) is 0 Å². The van der Waals surface area contributed by atoms with Crippen LogP contribution in [0, 0.1) is 5.92 Å². The zero-order valence-corrected chi connectivity index (χ0v) is 16.9. The van der Waals surface area contributed by atoms with Crippen LogP contribution in [0.1, 0.15) is 38.5 Å². The van der Waals surface area contributed by atoms with E-state index in [0.29, 0.717) is 17.6 Å². The van der Waals surface area contributed by atoms with E-state index in [-0.39, 0.29) is 0 Å². The molecular formula is C23H25N7. The van der Waals surface area contributed by atoms with Gasteiger partial charge in [-0.3, -0.25) is 4.98 Å². The molecular weight excluding hydrogens is 374 g/mol. The number of rotatable bonds is 4. The van der Waals surface area contributed by atoms with E-state index in [1.807, 2.05) is 35.1 Å². The highest BCUT2D eigenvalue weighted by molar-refractivity contribution is 5.89. The Morgan fingerprint density at radius 2 is 1.77 bits per heavy atom. The van der Waals surface area contributed by atoms with Gasteiger partial charge in [0.15, 0.2) is 11.5 Å². The molecule has 0 saturated heterocycles. The molecule has 5 rings (SSSR count). The van der Waals surface area contributed by atoms with Gasteiger partial charge < -0.3 is 5.73 Å². The summed E-state index contributed by atoms with van der Waals surface area (Å²) in [5, 5.41) is 5.85. The van der Waals surface area contributed by atoms with Gasteiger partial charge in [-0.1, -0.05) is 25.7 Å². The molecule has 7 nitrogen and oxygen atoms in total. The van der Waals surface area contributed by atoms with Crippen molar-refractivity contribution in [1.82, 2.24) is 29.7 Å². The molecule has 4 heterocycles. The van der Waals surface area contributed by atoms with Crippen LogP contribution in [0.15, 0.2) is 49.1 Å². The van der Waals surface area contributed by atoms with Gasteiger partial charge in [0.25, 0.3) is 0 Å². The molecule has 1 fully saturated rings. The number of nitrogens with zero attached hydrogens (tertiary/aromatic N) is 6. The van der Waals surface area contributed by atoms with E-state index in [2.05, 4.69) is 19.9 Å². The fourth-order valence-electron chi connectivity index (χ4n) is 4.36. The van der Waals surface area contributed by atoms with Crippen molar-refractivity contribution >= 4 is 16.9 Å². The molecule has 0 unspecified atom stereocenters. The van der Waals surface area contributed by atoms with Crippen LogP contribution in [0.4, 0.5) is 5.82 Å². The van der Waals surface area contributed by atoms with Crippen molar-refractivity contribution < 1.29 is 0 Å². The lowest BCUT2D eigenvalue weighted by atomic mass is 10.0. The number of hydrogen-bond acceptors (Lipinski definition) is 6. The lowest BCUT2D eigenvalue weighted by Gasteiger charge is -2.14. The predicted octanol–water partition coefficient (Wildman–Crippen LogP) is 4.50. The van der Waals surface area contributed by atoms with Crippen LogP contribution < -0.4 is 5.73 Å². The second kappa shape index (κ2) is 8.18. The van der Waals surface area contributed by atoms with Crippen LogP contribution in [0.25, 0.3) is 33.7 Å². The van der Waals surface area contributed by atoms with Crippen molar-refractivity contribution in [3.63, 3.8) is 0 Å². The molecule has 1 aliphatic rings. The summed E-state index contributed by atoms with van der Waals surface area (Å²) in [7, 11) is 0. The Labute approximate surface area is 175 Å². The molecule has 0 amide bonds. The van der Waals surface area contributed by atoms with Crippen LogP contribution >= 0.6 is 0 Å². The highest BCUT2D eigenvalue weighted by Gasteiger charge is 2.20. The molecule has 0 atom stereocenters. The summed E-state index contributed by atoms with van der Waals surface area (Å²) in [6.45, 7) is 0.887. The van der Waals surface area contributed by atoms with Crippen LogP contribution in [-0.2, 0) is 6.54 Å². The van der Waals surface area contributed by atoms with Gasteiger partial charge in [0, 0.05) is 36.9 Å².